The van der Waals surface area contributed by atoms with Crippen LogP contribution in [0.3, 0.4) is 0 Å². The Balaban J connectivity index is -0.000000180. The third-order valence-electron chi connectivity index (χ3n) is 0.736. The summed E-state index contributed by atoms with van der Waals surface area (Å²) in [6.07, 6.45) is 0. The molecule has 0 saturated carbocycles. The van der Waals surface area contributed by atoms with Crippen LogP contribution in [0.4, 0.5) is 0 Å². The maximum Gasteiger partial charge on any atom is 2.00 e. The average molecular weight is 386 g/mol. The maximum atomic E-state index is 9.60. The molecule has 0 aromatic heterocycles. The number of hydrogen-bond acceptors (Lipinski definition) is 8. The van der Waals surface area contributed by atoms with Crippen LogP contribution in [-0.2, 0) is 20.2 Å². The molecule has 0 fully saturated rings. The maximum absolute atomic E-state index is 9.60. The van der Waals surface area contributed by atoms with Crippen molar-refractivity contribution in [3.05, 3.63) is 0 Å². The zero-order valence-corrected chi connectivity index (χ0v) is 14.0. The molecule has 0 saturated heterocycles. The molecule has 15 heavy (non-hydrogen) atoms. The number of nitrogens with two attached hydrogens (primary N) is 2. The van der Waals surface area contributed by atoms with Crippen LogP contribution in [0.1, 0.15) is 0 Å². The minimum absolute atomic E-state index is 0. The van der Waals surface area contributed by atoms with Gasteiger partial charge in [0.2, 0.25) is 0 Å². The minimum Gasteiger partial charge on any atom is -0.748 e. The molecule has 0 radical (unpaired) electrons. The van der Waals surface area contributed by atoms with Crippen LogP contribution in [0.5, 0.6) is 0 Å². The van der Waals surface area contributed by atoms with Crippen molar-refractivity contribution in [1.29, 1.82) is 0 Å². The number of rotatable bonds is 4. The molecule has 0 aromatic carbocycles. The van der Waals surface area contributed by atoms with Crippen molar-refractivity contribution in [3.8, 4) is 0 Å². The molecule has 0 bridgehead atoms. The molecule has 0 heterocycles. The second kappa shape index (κ2) is 10.5. The van der Waals surface area contributed by atoms with Gasteiger partial charge in [0.25, 0.3) is 0 Å². The van der Waals surface area contributed by atoms with E-state index in [2.05, 4.69) is 0 Å². The summed E-state index contributed by atoms with van der Waals surface area (Å²) in [6.45, 7) is -0.183. The molecule has 0 spiro atoms. The van der Waals surface area contributed by atoms with Gasteiger partial charge in [0.05, 0.1) is 31.7 Å². The van der Waals surface area contributed by atoms with E-state index in [-0.39, 0.29) is 62.0 Å². The van der Waals surface area contributed by atoms with Gasteiger partial charge in [-0.2, -0.15) is 0 Å². The Labute approximate surface area is 129 Å². The minimum atomic E-state index is -4.05. The predicted molar refractivity (Wildman–Crippen MR) is 53.0 cm³/mol. The Kier molecular flexibility index (Phi) is 15.1. The summed E-state index contributed by atoms with van der Waals surface area (Å²) in [7, 11) is -8.10. The van der Waals surface area contributed by atoms with Gasteiger partial charge in [0, 0.05) is 13.1 Å². The van der Waals surface area contributed by atoms with E-state index in [9.17, 15) is 25.9 Å². The Hall–Kier alpha value is 1.31. The largest absolute Gasteiger partial charge is 2.00 e. The quantitative estimate of drug-likeness (QED) is 0.373. The Morgan fingerprint density at radius 1 is 0.800 bits per heavy atom. The molecule has 0 aliphatic heterocycles. The predicted octanol–water partition coefficient (Wildman–Crippen LogP) is -3.40. The SMILES string of the molecule is NCCS(=O)(=O)[O-].NCCS(=O)(=O)[O-].[Ba+2]. The second-order valence-electron chi connectivity index (χ2n) is 2.10. The molecule has 88 valence electrons. The van der Waals surface area contributed by atoms with Gasteiger partial charge in [-0.3, -0.25) is 0 Å². The van der Waals surface area contributed by atoms with Gasteiger partial charge in [-0.1, -0.05) is 0 Å². The molecule has 0 unspecified atom stereocenters. The van der Waals surface area contributed by atoms with Crippen molar-refractivity contribution in [2.75, 3.05) is 24.6 Å². The van der Waals surface area contributed by atoms with Crippen molar-refractivity contribution in [2.24, 2.45) is 11.5 Å². The molecule has 0 atom stereocenters. The van der Waals surface area contributed by atoms with Crippen LogP contribution in [0, 0.1) is 0 Å². The molecule has 11 heteroatoms. The Morgan fingerprint density at radius 2 is 1.00 bits per heavy atom. The van der Waals surface area contributed by atoms with Gasteiger partial charge in [0.1, 0.15) is 0 Å². The van der Waals surface area contributed by atoms with Crippen LogP contribution in [0.15, 0.2) is 0 Å². The third kappa shape index (κ3) is 31.3. The van der Waals surface area contributed by atoms with Crippen LogP contribution in [-0.4, -0.2) is 99.4 Å². The van der Waals surface area contributed by atoms with Gasteiger partial charge >= 0.3 is 48.9 Å². The fourth-order valence-corrected chi connectivity index (χ4v) is 0.866. The van der Waals surface area contributed by atoms with Crippen molar-refractivity contribution in [2.45, 2.75) is 0 Å². The third-order valence-corrected chi connectivity index (χ3v) is 2.21. The molecule has 0 amide bonds. The zero-order valence-electron chi connectivity index (χ0n) is 7.96. The van der Waals surface area contributed by atoms with Crippen LogP contribution < -0.4 is 11.5 Å². The molecule has 0 aliphatic rings. The molecule has 0 aromatic rings. The molecule has 8 nitrogen and oxygen atoms in total. The van der Waals surface area contributed by atoms with Gasteiger partial charge < -0.3 is 20.6 Å². The van der Waals surface area contributed by atoms with E-state index in [4.69, 9.17) is 11.5 Å². The topological polar surface area (TPSA) is 166 Å². The van der Waals surface area contributed by atoms with Crippen molar-refractivity contribution in [1.82, 2.24) is 0 Å². The Morgan fingerprint density at radius 3 is 1.00 bits per heavy atom. The summed E-state index contributed by atoms with van der Waals surface area (Å²) in [5, 5.41) is 0. The first-order valence-electron chi connectivity index (χ1n) is 3.39. The van der Waals surface area contributed by atoms with Crippen LogP contribution in [0.25, 0.3) is 0 Å². The van der Waals surface area contributed by atoms with Gasteiger partial charge in [-0.25, -0.2) is 16.8 Å². The van der Waals surface area contributed by atoms with Crippen molar-refractivity contribution in [3.63, 3.8) is 0 Å². The standard InChI is InChI=1S/2C2H7NO3S.Ba/c2*3-1-2-7(4,5)6;/h2*1-3H2,(H,4,5,6);/q;;+2/p-2. The Bertz CT molecular complexity index is 291. The first-order chi connectivity index (χ1) is 6.12. The molecule has 4 N–H and O–H groups in total. The molecule has 0 rings (SSSR count). The van der Waals surface area contributed by atoms with E-state index in [1.165, 1.54) is 0 Å². The van der Waals surface area contributed by atoms with Gasteiger partial charge in [0.15, 0.2) is 0 Å². The smallest absolute Gasteiger partial charge is 0.748 e. The fourth-order valence-electron chi connectivity index (χ4n) is 0.289. The van der Waals surface area contributed by atoms with Gasteiger partial charge in [-0.15, -0.1) is 0 Å². The summed E-state index contributed by atoms with van der Waals surface area (Å²) in [5.74, 6) is -0.931. The molecular weight excluding hydrogens is 374 g/mol. The first kappa shape index (κ1) is 21.6. The summed E-state index contributed by atoms with van der Waals surface area (Å²) in [6, 6.07) is 0. The zero-order chi connectivity index (χ0) is 11.8. The normalized spacial score (nSPS) is 10.9. The first-order valence-corrected chi connectivity index (χ1v) is 6.55. The monoisotopic (exact) mass is 386 g/mol. The van der Waals surface area contributed by atoms with Crippen LogP contribution in [0.2, 0.25) is 0 Å². The summed E-state index contributed by atoms with van der Waals surface area (Å²) >= 11 is 0. The molecular formula is C4H12BaN2O6S2. The molecule has 0 aliphatic carbocycles. The van der Waals surface area contributed by atoms with E-state index in [1.54, 1.807) is 0 Å². The summed E-state index contributed by atoms with van der Waals surface area (Å²) < 4.78 is 57.6. The summed E-state index contributed by atoms with van der Waals surface area (Å²) in [4.78, 5) is 0. The van der Waals surface area contributed by atoms with E-state index in [0.717, 1.165) is 0 Å². The van der Waals surface area contributed by atoms with Crippen molar-refractivity contribution < 1.29 is 25.9 Å². The second-order valence-corrected chi connectivity index (χ2v) is 5.15. The van der Waals surface area contributed by atoms with E-state index >= 15 is 0 Å². The van der Waals surface area contributed by atoms with Crippen molar-refractivity contribution >= 4 is 69.1 Å². The fraction of sp³-hybridized carbons (Fsp3) is 1.00. The van der Waals surface area contributed by atoms with E-state index < -0.39 is 31.7 Å². The average Bonchev–Trinajstić information content (AvgIpc) is 1.81. The van der Waals surface area contributed by atoms with Crippen LogP contribution >= 0.6 is 0 Å². The van der Waals surface area contributed by atoms with E-state index in [1.807, 2.05) is 0 Å². The summed E-state index contributed by atoms with van der Waals surface area (Å²) in [5.41, 5.74) is 9.47. The van der Waals surface area contributed by atoms with E-state index in [0.29, 0.717) is 0 Å². The van der Waals surface area contributed by atoms with Gasteiger partial charge in [-0.05, 0) is 0 Å². The number of hydrogen-bond donors (Lipinski definition) is 2.